The molecule has 1 N–H and O–H groups in total. The second-order valence-electron chi connectivity index (χ2n) is 11.9. The van der Waals surface area contributed by atoms with E-state index in [2.05, 4.69) is 4.98 Å². The first-order valence-electron chi connectivity index (χ1n) is 16.7. The number of H-pyrrole nitrogens is 1. The van der Waals surface area contributed by atoms with E-state index < -0.39 is 28.5 Å². The number of hydrogen-bond acceptors (Lipinski definition) is 6. The van der Waals surface area contributed by atoms with E-state index in [1.54, 1.807) is 103 Å². The number of fused-ring (bicyclic) bond motifs is 2. The zero-order valence-electron chi connectivity index (χ0n) is 28.9. The molecule has 0 bridgehead atoms. The van der Waals surface area contributed by atoms with E-state index in [9.17, 15) is 28.5 Å². The lowest BCUT2D eigenvalue weighted by Crippen LogP contribution is -2.14. The van der Waals surface area contributed by atoms with Gasteiger partial charge in [-0.1, -0.05) is 79.2 Å². The van der Waals surface area contributed by atoms with Gasteiger partial charge in [-0.3, -0.25) is 10.1 Å². The Balaban J connectivity index is 0.000000221. The summed E-state index contributed by atoms with van der Waals surface area (Å²) >= 11 is 12.3. The molecule has 5 aromatic carbocycles. The van der Waals surface area contributed by atoms with Gasteiger partial charge >= 0.3 is 11.9 Å². The molecule has 0 saturated carbocycles. The van der Waals surface area contributed by atoms with Gasteiger partial charge in [0.1, 0.15) is 23.0 Å². The number of nitro groups is 1. The van der Waals surface area contributed by atoms with Crippen molar-refractivity contribution in [2.45, 2.75) is 27.8 Å². The van der Waals surface area contributed by atoms with Gasteiger partial charge in [0.25, 0.3) is 5.69 Å². The summed E-state index contributed by atoms with van der Waals surface area (Å²) < 4.78 is 41.1. The van der Waals surface area contributed by atoms with E-state index >= 15 is 0 Å². The van der Waals surface area contributed by atoms with E-state index in [0.717, 1.165) is 0 Å². The summed E-state index contributed by atoms with van der Waals surface area (Å²) in [6.45, 7) is 3.92. The minimum absolute atomic E-state index is 0. The zero-order valence-corrected chi connectivity index (χ0v) is 30.4. The maximum atomic E-state index is 14.8. The molecule has 2 heterocycles. The zero-order chi connectivity index (χ0) is 38.5. The fraction of sp³-hybridized carbons (Fsp3) is 0.143. The summed E-state index contributed by atoms with van der Waals surface area (Å²) in [4.78, 5) is 39.0. The summed E-state index contributed by atoms with van der Waals surface area (Å²) in [5.74, 6) is -2.04. The Labute approximate surface area is 325 Å². The number of benzene rings is 5. The Morgan fingerprint density at radius 1 is 0.745 bits per heavy atom. The third-order valence-corrected chi connectivity index (χ3v) is 8.95. The number of ether oxygens (including phenoxy) is 2. The summed E-state index contributed by atoms with van der Waals surface area (Å²) in [7, 11) is 0. The van der Waals surface area contributed by atoms with Crippen molar-refractivity contribution in [1.29, 1.82) is 0 Å². The SMILES string of the molecule is C.CCOC(=O)c1[nH]c2ccc(Cl)cc2c1-c1ccccc1F.CCOC(=O)c1c(-c2ccccc2F)c2cc(Cl)ccc2n1Cc1cccc([N+](=O)[O-])c1. The lowest BCUT2D eigenvalue weighted by atomic mass is 10.0. The van der Waals surface area contributed by atoms with Gasteiger partial charge in [-0.05, 0) is 67.9 Å². The summed E-state index contributed by atoms with van der Waals surface area (Å²) in [5, 5.41) is 13.4. The van der Waals surface area contributed by atoms with Gasteiger partial charge in [0.2, 0.25) is 0 Å². The number of nitrogens with one attached hydrogen (secondary N) is 1. The highest BCUT2D eigenvalue weighted by atomic mass is 35.5. The second kappa shape index (κ2) is 17.4. The van der Waals surface area contributed by atoms with Crippen LogP contribution in [0.3, 0.4) is 0 Å². The molecule has 0 unspecified atom stereocenters. The van der Waals surface area contributed by atoms with Crippen LogP contribution in [0.15, 0.2) is 109 Å². The quantitative estimate of drug-likeness (QED) is 0.0885. The van der Waals surface area contributed by atoms with Crippen LogP contribution < -0.4 is 0 Å². The molecular formula is C42H35Cl2F2N3O6. The molecule has 0 aliphatic heterocycles. The van der Waals surface area contributed by atoms with E-state index in [-0.39, 0.29) is 49.8 Å². The van der Waals surface area contributed by atoms with Crippen LogP contribution in [0.4, 0.5) is 14.5 Å². The molecule has 13 heteroatoms. The van der Waals surface area contributed by atoms with E-state index in [1.165, 1.54) is 24.3 Å². The Bertz CT molecular complexity index is 2550. The van der Waals surface area contributed by atoms with Crippen LogP contribution >= 0.6 is 23.2 Å². The van der Waals surface area contributed by atoms with Crippen molar-refractivity contribution in [3.63, 3.8) is 0 Å². The van der Waals surface area contributed by atoms with Crippen molar-refractivity contribution < 1.29 is 32.8 Å². The molecular weight excluding hydrogens is 751 g/mol. The first-order valence-corrected chi connectivity index (χ1v) is 17.5. The molecule has 0 aliphatic rings. The van der Waals surface area contributed by atoms with Gasteiger partial charge < -0.3 is 19.0 Å². The van der Waals surface area contributed by atoms with Gasteiger partial charge in [0.05, 0.1) is 18.1 Å². The summed E-state index contributed by atoms with van der Waals surface area (Å²) in [6.07, 6.45) is 0. The van der Waals surface area contributed by atoms with E-state index in [4.69, 9.17) is 32.7 Å². The number of aromatic nitrogens is 2. The Kier molecular flexibility index (Phi) is 12.7. The first kappa shape index (κ1) is 40.2. The molecule has 9 nitrogen and oxygen atoms in total. The molecule has 55 heavy (non-hydrogen) atoms. The number of carbonyl (C=O) groups excluding carboxylic acids is 2. The Morgan fingerprint density at radius 2 is 1.33 bits per heavy atom. The first-order chi connectivity index (χ1) is 26.0. The third kappa shape index (κ3) is 8.38. The van der Waals surface area contributed by atoms with Crippen molar-refractivity contribution >= 4 is 62.6 Å². The fourth-order valence-electron chi connectivity index (χ4n) is 6.25. The molecule has 0 saturated heterocycles. The molecule has 7 rings (SSSR count). The Hall–Kier alpha value is -6.04. The highest BCUT2D eigenvalue weighted by molar-refractivity contribution is 6.32. The van der Waals surface area contributed by atoms with Crippen LogP contribution in [-0.2, 0) is 16.0 Å². The fourth-order valence-corrected chi connectivity index (χ4v) is 6.60. The average molecular weight is 787 g/mol. The number of nitrogens with zero attached hydrogens (tertiary/aromatic N) is 2. The molecule has 0 atom stereocenters. The number of hydrogen-bond donors (Lipinski definition) is 1. The molecule has 0 fully saturated rings. The number of halogens is 4. The van der Waals surface area contributed by atoms with Crippen molar-refractivity contribution in [3.8, 4) is 22.3 Å². The van der Waals surface area contributed by atoms with Gasteiger partial charge in [-0.25, -0.2) is 18.4 Å². The smallest absolute Gasteiger partial charge is 0.355 e. The van der Waals surface area contributed by atoms with Gasteiger partial charge in [0.15, 0.2) is 0 Å². The molecule has 282 valence electrons. The highest BCUT2D eigenvalue weighted by Gasteiger charge is 2.27. The average Bonchev–Trinajstić information content (AvgIpc) is 3.68. The standard InChI is InChI=1S/C24H18ClFN2O4.C17H13ClFNO2.CH4/c1-2-32-24(29)23-22(18-8-3-4-9-20(18)26)19-13-16(25)10-11-21(19)27(23)14-15-6-5-7-17(12-15)28(30)31;1-2-22-17(21)16-15(11-5-3-4-6-13(11)19)12-9-10(18)7-8-14(12)20-16;/h3-13H,2,14H2,1H3;3-9,20H,2H2,1H3;1H4. The predicted molar refractivity (Wildman–Crippen MR) is 212 cm³/mol. The Morgan fingerprint density at radius 3 is 1.95 bits per heavy atom. The predicted octanol–water partition coefficient (Wildman–Crippen LogP) is 11.7. The number of non-ortho nitro benzene ring substituents is 1. The van der Waals surface area contributed by atoms with Crippen LogP contribution in [0, 0.1) is 21.7 Å². The van der Waals surface area contributed by atoms with Crippen molar-refractivity contribution in [2.24, 2.45) is 0 Å². The maximum absolute atomic E-state index is 14.8. The lowest BCUT2D eigenvalue weighted by Gasteiger charge is -2.12. The third-order valence-electron chi connectivity index (χ3n) is 8.48. The summed E-state index contributed by atoms with van der Waals surface area (Å²) in [5.41, 5.74) is 3.65. The van der Waals surface area contributed by atoms with Crippen LogP contribution in [0.25, 0.3) is 44.1 Å². The number of rotatable bonds is 9. The van der Waals surface area contributed by atoms with Crippen molar-refractivity contribution in [3.05, 3.63) is 158 Å². The molecule has 0 aliphatic carbocycles. The molecule has 7 aromatic rings. The van der Waals surface area contributed by atoms with Gasteiger partial charge in [0, 0.05) is 72.8 Å². The second-order valence-corrected chi connectivity index (χ2v) is 12.7. The van der Waals surface area contributed by atoms with Crippen LogP contribution in [0.2, 0.25) is 10.0 Å². The number of carbonyl (C=O) groups is 2. The molecule has 0 radical (unpaired) electrons. The van der Waals surface area contributed by atoms with Crippen LogP contribution in [0.5, 0.6) is 0 Å². The highest BCUT2D eigenvalue weighted by Crippen LogP contribution is 2.39. The largest absolute Gasteiger partial charge is 0.461 e. The number of aromatic amines is 1. The van der Waals surface area contributed by atoms with Crippen molar-refractivity contribution in [2.75, 3.05) is 13.2 Å². The minimum Gasteiger partial charge on any atom is -0.461 e. The maximum Gasteiger partial charge on any atom is 0.355 e. The minimum atomic E-state index is -0.622. The lowest BCUT2D eigenvalue weighted by molar-refractivity contribution is -0.384. The van der Waals surface area contributed by atoms with Crippen molar-refractivity contribution in [1.82, 2.24) is 9.55 Å². The normalized spacial score (nSPS) is 10.7. The van der Waals surface area contributed by atoms with Gasteiger partial charge in [-0.2, -0.15) is 0 Å². The molecule has 2 aromatic heterocycles. The van der Waals surface area contributed by atoms with Crippen LogP contribution in [0.1, 0.15) is 47.8 Å². The van der Waals surface area contributed by atoms with E-state index in [1.807, 2.05) is 0 Å². The van der Waals surface area contributed by atoms with Crippen LogP contribution in [-0.4, -0.2) is 39.6 Å². The van der Waals surface area contributed by atoms with E-state index in [0.29, 0.717) is 54.1 Å². The molecule has 0 amide bonds. The number of esters is 2. The topological polar surface area (TPSA) is 116 Å². The monoisotopic (exact) mass is 785 g/mol. The molecule has 0 spiro atoms. The van der Waals surface area contributed by atoms with Gasteiger partial charge in [-0.15, -0.1) is 0 Å². The number of nitro benzene ring substituents is 1. The summed E-state index contributed by atoms with van der Waals surface area (Å²) in [6, 6.07) is 28.9.